The minimum atomic E-state index is -3.81. The Hall–Kier alpha value is -3.45. The monoisotopic (exact) mass is 388 g/mol. The fourth-order valence-electron chi connectivity index (χ4n) is 2.74. The molecule has 3 aromatic heterocycles. The highest BCUT2D eigenvalue weighted by molar-refractivity contribution is 7.91. The van der Waals surface area contributed by atoms with Crippen LogP contribution in [0.15, 0.2) is 89.2 Å². The van der Waals surface area contributed by atoms with Gasteiger partial charge in [-0.2, -0.15) is 0 Å². The lowest BCUT2D eigenvalue weighted by atomic mass is 10.2. The number of benzene rings is 1. The van der Waals surface area contributed by atoms with E-state index >= 15 is 0 Å². The van der Waals surface area contributed by atoms with E-state index in [4.69, 9.17) is 0 Å². The molecule has 0 bridgehead atoms. The smallest absolute Gasteiger partial charge is 0.210 e. The van der Waals surface area contributed by atoms with Gasteiger partial charge in [-0.15, -0.1) is 0 Å². The van der Waals surface area contributed by atoms with Gasteiger partial charge in [-0.3, -0.25) is 9.97 Å². The van der Waals surface area contributed by atoms with Gasteiger partial charge in [-0.1, -0.05) is 23.8 Å². The first-order valence-electron chi connectivity index (χ1n) is 8.56. The normalized spacial score (nSPS) is 11.3. The van der Waals surface area contributed by atoms with Crippen LogP contribution in [0, 0.1) is 6.92 Å². The Kier molecular flexibility index (Phi) is 4.67. The van der Waals surface area contributed by atoms with Gasteiger partial charge >= 0.3 is 0 Å². The SMILES string of the molecule is Cc1ccc(S(=O)(=O)c2cnc(-c3ccccn3)nc2-c2cccnc2)cc1. The van der Waals surface area contributed by atoms with Gasteiger partial charge in [-0.25, -0.2) is 18.4 Å². The van der Waals surface area contributed by atoms with E-state index < -0.39 is 9.84 Å². The van der Waals surface area contributed by atoms with Crippen molar-refractivity contribution < 1.29 is 8.42 Å². The zero-order valence-electron chi connectivity index (χ0n) is 15.0. The van der Waals surface area contributed by atoms with Gasteiger partial charge in [0.2, 0.25) is 9.84 Å². The summed E-state index contributed by atoms with van der Waals surface area (Å²) >= 11 is 0. The van der Waals surface area contributed by atoms with E-state index in [1.54, 1.807) is 67.1 Å². The van der Waals surface area contributed by atoms with E-state index in [1.165, 1.54) is 6.20 Å². The molecule has 1 aromatic carbocycles. The van der Waals surface area contributed by atoms with E-state index in [0.29, 0.717) is 22.8 Å². The third-order valence-electron chi connectivity index (χ3n) is 4.20. The number of rotatable bonds is 4. The molecule has 0 unspecified atom stereocenters. The third kappa shape index (κ3) is 3.39. The van der Waals surface area contributed by atoms with E-state index in [2.05, 4.69) is 19.9 Å². The molecular weight excluding hydrogens is 372 g/mol. The number of pyridine rings is 2. The number of hydrogen-bond acceptors (Lipinski definition) is 6. The molecule has 3 heterocycles. The molecule has 0 saturated carbocycles. The van der Waals surface area contributed by atoms with Crippen LogP contribution in [0.25, 0.3) is 22.8 Å². The predicted molar refractivity (Wildman–Crippen MR) is 105 cm³/mol. The third-order valence-corrected chi connectivity index (χ3v) is 5.98. The second-order valence-corrected chi connectivity index (χ2v) is 8.10. The summed E-state index contributed by atoms with van der Waals surface area (Å²) in [5, 5.41) is 0. The van der Waals surface area contributed by atoms with Crippen molar-refractivity contribution in [3.8, 4) is 22.8 Å². The minimum Gasteiger partial charge on any atom is -0.264 e. The summed E-state index contributed by atoms with van der Waals surface area (Å²) in [4.78, 5) is 17.4. The first kappa shape index (κ1) is 17.9. The van der Waals surface area contributed by atoms with Crippen LogP contribution in [-0.4, -0.2) is 28.4 Å². The van der Waals surface area contributed by atoms with Crippen molar-refractivity contribution in [2.75, 3.05) is 0 Å². The van der Waals surface area contributed by atoms with E-state index in [0.717, 1.165) is 5.56 Å². The minimum absolute atomic E-state index is 0.0315. The molecule has 7 heteroatoms. The highest BCUT2D eigenvalue weighted by atomic mass is 32.2. The Morgan fingerprint density at radius 2 is 1.64 bits per heavy atom. The highest BCUT2D eigenvalue weighted by Gasteiger charge is 2.25. The lowest BCUT2D eigenvalue weighted by Crippen LogP contribution is -2.08. The molecule has 0 aliphatic heterocycles. The average Bonchev–Trinajstić information content (AvgIpc) is 2.75. The molecule has 4 rings (SSSR count). The zero-order chi connectivity index (χ0) is 19.6. The van der Waals surface area contributed by atoms with E-state index in [9.17, 15) is 8.42 Å². The maximum atomic E-state index is 13.3. The zero-order valence-corrected chi connectivity index (χ0v) is 15.8. The van der Waals surface area contributed by atoms with Crippen LogP contribution in [0.3, 0.4) is 0 Å². The van der Waals surface area contributed by atoms with Crippen LogP contribution >= 0.6 is 0 Å². The Labute approximate surface area is 162 Å². The fraction of sp³-hybridized carbons (Fsp3) is 0.0476. The summed E-state index contributed by atoms with van der Waals surface area (Å²) in [6.07, 6.45) is 6.19. The number of sulfone groups is 1. The van der Waals surface area contributed by atoms with Gasteiger partial charge in [0.1, 0.15) is 10.6 Å². The van der Waals surface area contributed by atoms with Crippen LogP contribution in [-0.2, 0) is 9.84 Å². The lowest BCUT2D eigenvalue weighted by Gasteiger charge is -2.11. The molecule has 0 atom stereocenters. The largest absolute Gasteiger partial charge is 0.264 e. The maximum Gasteiger partial charge on any atom is 0.210 e. The average molecular weight is 388 g/mol. The fourth-order valence-corrected chi connectivity index (χ4v) is 4.10. The van der Waals surface area contributed by atoms with Gasteiger partial charge in [0.05, 0.1) is 16.8 Å². The lowest BCUT2D eigenvalue weighted by molar-refractivity contribution is 0.595. The van der Waals surface area contributed by atoms with Crippen molar-refractivity contribution in [1.29, 1.82) is 0 Å². The van der Waals surface area contributed by atoms with Crippen LogP contribution in [0.1, 0.15) is 5.56 Å². The summed E-state index contributed by atoms with van der Waals surface area (Å²) < 4.78 is 26.5. The molecule has 0 aliphatic rings. The molecule has 0 saturated heterocycles. The molecule has 28 heavy (non-hydrogen) atoms. The summed E-state index contributed by atoms with van der Waals surface area (Å²) in [6.45, 7) is 1.90. The van der Waals surface area contributed by atoms with Gasteiger partial charge < -0.3 is 0 Å². The highest BCUT2D eigenvalue weighted by Crippen LogP contribution is 2.30. The van der Waals surface area contributed by atoms with Crippen molar-refractivity contribution in [2.45, 2.75) is 16.7 Å². The molecular formula is C21H16N4O2S. The molecule has 6 nitrogen and oxygen atoms in total. The van der Waals surface area contributed by atoms with E-state index in [-0.39, 0.29) is 9.79 Å². The standard InChI is InChI=1S/C21H16N4O2S/c1-15-7-9-17(10-8-15)28(26,27)19-14-24-21(18-6-2-3-12-23-18)25-20(19)16-5-4-11-22-13-16/h2-14H,1H3. The Morgan fingerprint density at radius 3 is 2.32 bits per heavy atom. The van der Waals surface area contributed by atoms with Crippen LogP contribution < -0.4 is 0 Å². The second-order valence-electron chi connectivity index (χ2n) is 6.18. The van der Waals surface area contributed by atoms with Gasteiger partial charge in [0.25, 0.3) is 0 Å². The topological polar surface area (TPSA) is 85.7 Å². The van der Waals surface area contributed by atoms with Crippen molar-refractivity contribution in [1.82, 2.24) is 19.9 Å². The molecule has 138 valence electrons. The van der Waals surface area contributed by atoms with Crippen molar-refractivity contribution >= 4 is 9.84 Å². The second kappa shape index (κ2) is 7.28. The van der Waals surface area contributed by atoms with Crippen molar-refractivity contribution in [2.24, 2.45) is 0 Å². The summed E-state index contributed by atoms with van der Waals surface area (Å²) in [6, 6.07) is 15.6. The van der Waals surface area contributed by atoms with Gasteiger partial charge in [0.15, 0.2) is 5.82 Å². The molecule has 0 aliphatic carbocycles. The number of hydrogen-bond donors (Lipinski definition) is 0. The summed E-state index contributed by atoms with van der Waals surface area (Å²) in [7, 11) is -3.81. The maximum absolute atomic E-state index is 13.3. The van der Waals surface area contributed by atoms with Crippen LogP contribution in [0.4, 0.5) is 0 Å². The predicted octanol–water partition coefficient (Wildman–Crippen LogP) is 3.74. The first-order chi connectivity index (χ1) is 13.6. The molecule has 0 radical (unpaired) electrons. The van der Waals surface area contributed by atoms with Crippen LogP contribution in [0.5, 0.6) is 0 Å². The quantitative estimate of drug-likeness (QED) is 0.529. The van der Waals surface area contributed by atoms with Gasteiger partial charge in [0, 0.05) is 24.2 Å². The number of nitrogens with zero attached hydrogens (tertiary/aromatic N) is 4. The summed E-state index contributed by atoms with van der Waals surface area (Å²) in [5.74, 6) is 0.349. The molecule has 0 amide bonds. The van der Waals surface area contributed by atoms with Gasteiger partial charge in [-0.05, 0) is 43.3 Å². The molecule has 0 N–H and O–H groups in total. The van der Waals surface area contributed by atoms with Crippen molar-refractivity contribution in [3.05, 3.63) is 84.9 Å². The van der Waals surface area contributed by atoms with E-state index in [1.807, 2.05) is 13.0 Å². The first-order valence-corrected chi connectivity index (χ1v) is 10.0. The molecule has 0 fully saturated rings. The van der Waals surface area contributed by atoms with Crippen LogP contribution in [0.2, 0.25) is 0 Å². The number of aromatic nitrogens is 4. The molecule has 4 aromatic rings. The Balaban J connectivity index is 1.93. The summed E-state index contributed by atoms with van der Waals surface area (Å²) in [5.41, 5.74) is 2.43. The van der Waals surface area contributed by atoms with Crippen molar-refractivity contribution in [3.63, 3.8) is 0 Å². The Morgan fingerprint density at radius 1 is 0.821 bits per heavy atom. The molecule has 0 spiro atoms. The Bertz CT molecular complexity index is 1210. The number of aryl methyl sites for hydroxylation is 1.